The molecule has 0 aliphatic heterocycles. The normalized spacial score (nSPS) is 11.0. The second-order valence-electron chi connectivity index (χ2n) is 8.43. The molecule has 3 N–H and O–H groups in total. The Morgan fingerprint density at radius 2 is 1.73 bits per heavy atom. The number of fused-ring (bicyclic) bond motifs is 1. The van der Waals surface area contributed by atoms with Gasteiger partial charge in [0.25, 0.3) is 5.91 Å². The summed E-state index contributed by atoms with van der Waals surface area (Å²) in [5, 5.41) is 12.0. The molecule has 12 heteroatoms. The minimum Gasteiger partial charge on any atom is -0.337 e. The first kappa shape index (κ1) is 25.5. The van der Waals surface area contributed by atoms with Gasteiger partial charge in [-0.25, -0.2) is 4.39 Å². The van der Waals surface area contributed by atoms with E-state index in [-0.39, 0.29) is 40.2 Å². The van der Waals surface area contributed by atoms with Crippen LogP contribution in [0, 0.1) is 11.6 Å². The van der Waals surface area contributed by atoms with Crippen molar-refractivity contribution in [3.63, 3.8) is 0 Å². The van der Waals surface area contributed by atoms with Gasteiger partial charge in [-0.1, -0.05) is 20.8 Å². The second kappa shape index (κ2) is 10.6. The van der Waals surface area contributed by atoms with E-state index in [0.29, 0.717) is 17.7 Å². The first-order chi connectivity index (χ1) is 17.7. The monoisotopic (exact) mass is 512 g/mol. The van der Waals surface area contributed by atoms with Crippen molar-refractivity contribution in [3.05, 3.63) is 71.4 Å². The number of hydrogen-bond acceptors (Lipinski definition) is 6. The van der Waals surface area contributed by atoms with Crippen LogP contribution in [-0.4, -0.2) is 26.4 Å². The molecular weight excluding hydrogens is 489 g/mol. The van der Waals surface area contributed by atoms with E-state index in [1.807, 2.05) is 13.8 Å². The maximum absolute atomic E-state index is 14.9. The van der Waals surface area contributed by atoms with Crippen molar-refractivity contribution < 1.29 is 27.8 Å². The molecule has 2 heterocycles. The molecule has 0 saturated carbocycles. The lowest BCUT2D eigenvalue weighted by molar-refractivity contribution is -0.115. The quantitative estimate of drug-likeness (QED) is 0.278. The van der Waals surface area contributed by atoms with E-state index < -0.39 is 23.4 Å². The number of carbonyl (C=O) groups excluding carboxylic acids is 2. The first-order valence-electron chi connectivity index (χ1n) is 11.3. The Morgan fingerprint density at radius 1 is 1.03 bits per heavy atom. The predicted octanol–water partition coefficient (Wildman–Crippen LogP) is 5.74. The standard InChI is InChI=1S/C25H23F3N6O3/c1-4-20(35)30-16-7-5-14(6-8-16)24(36)32-18-10-15(26)9-17(11-18)31-23-21(27)25(37-28)33-22-19(13(2)3)12-29-34(22)23/h5-13,31H,4H2,1-3H3,(H,30,35)(H,32,36). The van der Waals surface area contributed by atoms with Crippen LogP contribution in [0.2, 0.25) is 0 Å². The number of carbonyl (C=O) groups is 2. The Kier molecular flexibility index (Phi) is 7.27. The third kappa shape index (κ3) is 5.47. The van der Waals surface area contributed by atoms with Gasteiger partial charge in [-0.15, -0.1) is 0 Å². The lowest BCUT2D eigenvalue weighted by Crippen LogP contribution is -2.13. The molecule has 0 bridgehead atoms. The third-order valence-corrected chi connectivity index (χ3v) is 5.45. The summed E-state index contributed by atoms with van der Waals surface area (Å²) in [5.74, 6) is -3.90. The maximum Gasteiger partial charge on any atom is 0.304 e. The van der Waals surface area contributed by atoms with Crippen LogP contribution in [0.5, 0.6) is 5.88 Å². The summed E-state index contributed by atoms with van der Waals surface area (Å²) < 4.78 is 43.5. The molecule has 2 aromatic heterocycles. The summed E-state index contributed by atoms with van der Waals surface area (Å²) in [4.78, 5) is 31.6. The number of aromatic nitrogens is 3. The number of nitrogens with zero attached hydrogens (tertiary/aromatic N) is 3. The number of hydrogen-bond donors (Lipinski definition) is 3. The zero-order valence-electron chi connectivity index (χ0n) is 20.1. The van der Waals surface area contributed by atoms with Crippen molar-refractivity contribution >= 4 is 40.3 Å². The van der Waals surface area contributed by atoms with Gasteiger partial charge >= 0.3 is 5.88 Å². The highest BCUT2D eigenvalue weighted by molar-refractivity contribution is 6.05. The van der Waals surface area contributed by atoms with Crippen LogP contribution in [0.4, 0.5) is 36.2 Å². The topological polar surface area (TPSA) is 110 Å². The molecule has 0 fully saturated rings. The molecule has 0 spiro atoms. The van der Waals surface area contributed by atoms with E-state index in [2.05, 4.69) is 31.0 Å². The summed E-state index contributed by atoms with van der Waals surface area (Å²) >= 11 is 0. The average Bonchev–Trinajstić information content (AvgIpc) is 3.29. The molecule has 9 nitrogen and oxygen atoms in total. The van der Waals surface area contributed by atoms with Gasteiger partial charge < -0.3 is 16.0 Å². The van der Waals surface area contributed by atoms with Crippen LogP contribution in [0.25, 0.3) is 5.65 Å². The molecule has 0 radical (unpaired) electrons. The van der Waals surface area contributed by atoms with Crippen LogP contribution in [0.1, 0.15) is 49.0 Å². The van der Waals surface area contributed by atoms with Crippen molar-refractivity contribution in [3.8, 4) is 5.88 Å². The van der Waals surface area contributed by atoms with E-state index in [9.17, 15) is 22.9 Å². The molecule has 0 aliphatic carbocycles. The SMILES string of the molecule is CCC(=O)Nc1ccc(C(=O)Nc2cc(F)cc(Nc3c(F)c(OF)nc4c(C(C)C)cnn34)c2)cc1. The fourth-order valence-corrected chi connectivity index (χ4v) is 3.56. The molecule has 0 unspecified atom stereocenters. The fourth-order valence-electron chi connectivity index (χ4n) is 3.56. The molecule has 192 valence electrons. The Balaban J connectivity index is 1.60. The Labute approximate surface area is 209 Å². The highest BCUT2D eigenvalue weighted by atomic mass is 19.3. The van der Waals surface area contributed by atoms with Crippen molar-refractivity contribution in [2.45, 2.75) is 33.1 Å². The third-order valence-electron chi connectivity index (χ3n) is 5.45. The number of benzene rings is 2. The summed E-state index contributed by atoms with van der Waals surface area (Å²) in [6.45, 7) is 5.44. The van der Waals surface area contributed by atoms with Crippen LogP contribution >= 0.6 is 0 Å². The lowest BCUT2D eigenvalue weighted by Gasteiger charge is -2.13. The van der Waals surface area contributed by atoms with Crippen LogP contribution in [0.3, 0.4) is 0 Å². The van der Waals surface area contributed by atoms with Gasteiger partial charge in [-0.05, 0) is 48.4 Å². The summed E-state index contributed by atoms with van der Waals surface area (Å²) in [6.07, 6.45) is 1.78. The molecule has 2 amide bonds. The summed E-state index contributed by atoms with van der Waals surface area (Å²) in [7, 11) is 0. The minimum atomic E-state index is -1.18. The summed E-state index contributed by atoms with van der Waals surface area (Å²) in [6, 6.07) is 9.66. The highest BCUT2D eigenvalue weighted by Gasteiger charge is 2.22. The summed E-state index contributed by atoms with van der Waals surface area (Å²) in [5.41, 5.74) is 1.70. The zero-order chi connectivity index (χ0) is 26.7. The van der Waals surface area contributed by atoms with Gasteiger partial charge in [-0.2, -0.15) is 19.0 Å². The smallest absolute Gasteiger partial charge is 0.304 e. The van der Waals surface area contributed by atoms with E-state index in [4.69, 9.17) is 0 Å². The molecule has 4 rings (SSSR count). The molecular formula is C25H23F3N6O3. The highest BCUT2D eigenvalue weighted by Crippen LogP contribution is 2.31. The molecule has 2 aromatic carbocycles. The van der Waals surface area contributed by atoms with Gasteiger partial charge in [0.05, 0.1) is 6.20 Å². The number of nitrogens with one attached hydrogen (secondary N) is 3. The number of amides is 2. The zero-order valence-corrected chi connectivity index (χ0v) is 20.1. The molecule has 4 aromatic rings. The van der Waals surface area contributed by atoms with Crippen molar-refractivity contribution in [2.24, 2.45) is 0 Å². The van der Waals surface area contributed by atoms with Crippen LogP contribution in [-0.2, 0) is 4.79 Å². The van der Waals surface area contributed by atoms with Gasteiger partial charge in [0, 0.05) is 39.1 Å². The Bertz CT molecular complexity index is 1470. The van der Waals surface area contributed by atoms with E-state index in [0.717, 1.165) is 16.6 Å². The molecule has 0 aliphatic rings. The Hall–Kier alpha value is -4.61. The van der Waals surface area contributed by atoms with Crippen molar-refractivity contribution in [1.82, 2.24) is 14.6 Å². The van der Waals surface area contributed by atoms with Crippen LogP contribution in [0.15, 0.2) is 48.7 Å². The average molecular weight is 512 g/mol. The first-order valence-corrected chi connectivity index (χ1v) is 11.3. The van der Waals surface area contributed by atoms with E-state index >= 15 is 0 Å². The predicted molar refractivity (Wildman–Crippen MR) is 132 cm³/mol. The molecule has 0 atom stereocenters. The largest absolute Gasteiger partial charge is 0.337 e. The lowest BCUT2D eigenvalue weighted by atomic mass is 10.1. The number of rotatable bonds is 8. The Morgan fingerprint density at radius 3 is 2.38 bits per heavy atom. The van der Waals surface area contributed by atoms with Gasteiger partial charge in [0.2, 0.25) is 11.7 Å². The van der Waals surface area contributed by atoms with Crippen LogP contribution < -0.4 is 20.9 Å². The number of halogens is 3. The molecule has 37 heavy (non-hydrogen) atoms. The fraction of sp³-hybridized carbons (Fsp3) is 0.200. The van der Waals surface area contributed by atoms with Gasteiger partial charge in [0.15, 0.2) is 11.5 Å². The van der Waals surface area contributed by atoms with E-state index in [1.54, 1.807) is 19.1 Å². The van der Waals surface area contributed by atoms with E-state index in [1.165, 1.54) is 24.4 Å². The second-order valence-corrected chi connectivity index (χ2v) is 8.43. The minimum absolute atomic E-state index is 0.0470. The van der Waals surface area contributed by atoms with Crippen molar-refractivity contribution in [2.75, 3.05) is 16.0 Å². The maximum atomic E-state index is 14.9. The van der Waals surface area contributed by atoms with Gasteiger partial charge in [-0.3, -0.25) is 14.5 Å². The van der Waals surface area contributed by atoms with Crippen molar-refractivity contribution in [1.29, 1.82) is 0 Å². The number of anilines is 4. The van der Waals surface area contributed by atoms with Gasteiger partial charge in [0.1, 0.15) is 5.82 Å². The molecule has 0 saturated heterocycles.